The maximum Gasteiger partial charge on any atom is 0.332 e. The lowest BCUT2D eigenvalue weighted by atomic mass is 10.1. The molecule has 1 aliphatic heterocycles. The molecule has 2 N–H and O–H groups in total. The van der Waals surface area contributed by atoms with Crippen molar-refractivity contribution in [2.75, 3.05) is 16.8 Å². The van der Waals surface area contributed by atoms with E-state index in [9.17, 15) is 28.0 Å². The highest BCUT2D eigenvalue weighted by molar-refractivity contribution is 5.71. The molecular weight excluding hydrogens is 505 g/mol. The molecule has 1 atom stereocenters. The predicted molar refractivity (Wildman–Crippen MR) is 135 cm³/mol. The summed E-state index contributed by atoms with van der Waals surface area (Å²) < 4.78 is 49.1. The van der Waals surface area contributed by atoms with Crippen LogP contribution >= 0.6 is 0 Å². The molecule has 2 aromatic carbocycles. The van der Waals surface area contributed by atoms with Crippen LogP contribution in [0.25, 0.3) is 0 Å². The van der Waals surface area contributed by atoms with Gasteiger partial charge < -0.3 is 20.1 Å². The molecule has 0 saturated carbocycles. The second-order valence-electron chi connectivity index (χ2n) is 9.56. The van der Waals surface area contributed by atoms with Gasteiger partial charge in [-0.25, -0.2) is 13.6 Å². The quantitative estimate of drug-likeness (QED) is 0.387. The second kappa shape index (κ2) is 11.2. The average Bonchev–Trinajstić information content (AvgIpc) is 3.22. The molecule has 3 aromatic rings. The van der Waals surface area contributed by atoms with Crippen molar-refractivity contribution in [3.63, 3.8) is 0 Å². The normalized spacial score (nSPS) is 14.8. The molecule has 9 nitrogen and oxygen atoms in total. The number of rotatable bonds is 11. The highest BCUT2D eigenvalue weighted by Gasteiger charge is 2.37. The number of ether oxygens (including phenoxy) is 1. The summed E-state index contributed by atoms with van der Waals surface area (Å²) in [5, 5.41) is 12.4. The van der Waals surface area contributed by atoms with Crippen LogP contribution in [0.4, 0.5) is 24.8 Å². The first kappa shape index (κ1) is 27.1. The molecule has 0 aliphatic carbocycles. The molecule has 38 heavy (non-hydrogen) atoms. The van der Waals surface area contributed by atoms with Crippen molar-refractivity contribution < 1.29 is 28.1 Å². The second-order valence-corrected chi connectivity index (χ2v) is 9.56. The number of hydrogen-bond acceptors (Lipinski definition) is 7. The first-order chi connectivity index (χ1) is 18.1. The molecular formula is C26H29F3N4O5. The van der Waals surface area contributed by atoms with Gasteiger partial charge in [0, 0.05) is 36.8 Å². The van der Waals surface area contributed by atoms with Crippen molar-refractivity contribution in [2.45, 2.75) is 58.3 Å². The molecule has 204 valence electrons. The van der Waals surface area contributed by atoms with Crippen LogP contribution in [0.1, 0.15) is 32.3 Å². The van der Waals surface area contributed by atoms with E-state index in [1.165, 1.54) is 48.7 Å². The summed E-state index contributed by atoms with van der Waals surface area (Å²) in [5.41, 5.74) is -2.15. The van der Waals surface area contributed by atoms with E-state index in [4.69, 9.17) is 4.74 Å². The SMILES string of the molecule is CC(C)(F)CCn1c2c(c(=O)n(CCCO)c1=O)N(Cc1ccc(F)cc1)C(Oc1cccc(OF)c1)N2. The third-order valence-corrected chi connectivity index (χ3v) is 6.11. The first-order valence-electron chi connectivity index (χ1n) is 12.1. The van der Waals surface area contributed by atoms with Crippen LogP contribution in [0.15, 0.2) is 58.1 Å². The fraction of sp³-hybridized carbons (Fsp3) is 0.385. The summed E-state index contributed by atoms with van der Waals surface area (Å²) in [6, 6.07) is 11.4. The summed E-state index contributed by atoms with van der Waals surface area (Å²) in [4.78, 5) is 32.3. The molecule has 1 aromatic heterocycles. The fourth-order valence-electron chi connectivity index (χ4n) is 4.18. The molecule has 4 rings (SSSR count). The Kier molecular flexibility index (Phi) is 8.00. The summed E-state index contributed by atoms with van der Waals surface area (Å²) in [6.07, 6.45) is -0.905. The summed E-state index contributed by atoms with van der Waals surface area (Å²) in [6.45, 7) is 2.52. The Hall–Kier alpha value is -3.93. The van der Waals surface area contributed by atoms with Gasteiger partial charge in [0.05, 0.1) is 0 Å². The van der Waals surface area contributed by atoms with Crippen LogP contribution in [0.5, 0.6) is 11.5 Å². The highest BCUT2D eigenvalue weighted by atomic mass is 19.3. The van der Waals surface area contributed by atoms with E-state index >= 15 is 0 Å². The molecule has 1 unspecified atom stereocenters. The van der Waals surface area contributed by atoms with Crippen molar-refractivity contribution in [3.05, 3.63) is 80.7 Å². The first-order valence-corrected chi connectivity index (χ1v) is 12.1. The number of nitrogens with one attached hydrogen (secondary N) is 1. The minimum Gasteiger partial charge on any atom is -0.452 e. The Bertz CT molecular complexity index is 1390. The van der Waals surface area contributed by atoms with Crippen LogP contribution in [0.3, 0.4) is 0 Å². The molecule has 0 amide bonds. The minimum absolute atomic E-state index is 0.0153. The van der Waals surface area contributed by atoms with Gasteiger partial charge in [0.2, 0.25) is 0 Å². The van der Waals surface area contributed by atoms with E-state index in [2.05, 4.69) is 10.3 Å². The maximum absolute atomic E-state index is 14.4. The largest absolute Gasteiger partial charge is 0.452 e. The van der Waals surface area contributed by atoms with Crippen LogP contribution in [0, 0.1) is 5.82 Å². The number of fused-ring (bicyclic) bond motifs is 1. The molecule has 0 radical (unpaired) electrons. The predicted octanol–water partition coefficient (Wildman–Crippen LogP) is 3.73. The number of aromatic nitrogens is 2. The smallest absolute Gasteiger partial charge is 0.332 e. The Labute approximate surface area is 216 Å². The lowest BCUT2D eigenvalue weighted by molar-refractivity contribution is -0.00654. The number of nitrogens with zero attached hydrogens (tertiary/aromatic N) is 3. The van der Waals surface area contributed by atoms with E-state index in [0.29, 0.717) is 5.56 Å². The van der Waals surface area contributed by atoms with Crippen molar-refractivity contribution in [1.29, 1.82) is 0 Å². The standard InChI is InChI=1S/C26H29F3N4O5/c1-26(2,28)11-13-31-22-21(23(35)32(25(31)36)12-4-14-34)33(16-17-7-9-18(27)10-8-17)24(30-22)37-19-5-3-6-20(15-19)38-29/h3,5-10,15,24,30,34H,4,11-14,16H2,1-2H3. The molecule has 0 spiro atoms. The molecule has 2 heterocycles. The zero-order valence-corrected chi connectivity index (χ0v) is 21.0. The van der Waals surface area contributed by atoms with Crippen LogP contribution in [0.2, 0.25) is 0 Å². The van der Waals surface area contributed by atoms with Crippen LogP contribution < -0.4 is 31.1 Å². The van der Waals surface area contributed by atoms with Gasteiger partial charge in [0.25, 0.3) is 11.9 Å². The van der Waals surface area contributed by atoms with E-state index in [-0.39, 0.29) is 62.1 Å². The number of aliphatic hydroxyl groups excluding tert-OH is 1. The van der Waals surface area contributed by atoms with E-state index < -0.39 is 29.1 Å². The van der Waals surface area contributed by atoms with Crippen LogP contribution in [-0.4, -0.2) is 32.9 Å². The van der Waals surface area contributed by atoms with Crippen molar-refractivity contribution in [2.24, 2.45) is 0 Å². The van der Waals surface area contributed by atoms with E-state index in [1.807, 2.05) is 0 Å². The Balaban J connectivity index is 1.83. The average molecular weight is 535 g/mol. The Morgan fingerprint density at radius 1 is 1.05 bits per heavy atom. The van der Waals surface area contributed by atoms with Crippen LogP contribution in [-0.2, 0) is 19.6 Å². The summed E-state index contributed by atoms with van der Waals surface area (Å²) in [7, 11) is 0. The molecule has 0 fully saturated rings. The molecule has 12 heteroatoms. The van der Waals surface area contributed by atoms with Gasteiger partial charge in [-0.1, -0.05) is 18.2 Å². The zero-order chi connectivity index (χ0) is 27.4. The molecule has 1 aliphatic rings. The van der Waals surface area contributed by atoms with Crippen molar-refractivity contribution >= 4 is 11.5 Å². The van der Waals surface area contributed by atoms with E-state index in [0.717, 1.165) is 4.57 Å². The Morgan fingerprint density at radius 2 is 1.76 bits per heavy atom. The number of halogens is 3. The number of benzene rings is 2. The van der Waals surface area contributed by atoms with Gasteiger partial charge >= 0.3 is 5.69 Å². The van der Waals surface area contributed by atoms with Gasteiger partial charge in [-0.2, -0.15) is 0 Å². The molecule has 0 bridgehead atoms. The molecule has 0 saturated heterocycles. The minimum atomic E-state index is -1.59. The number of hydrogen-bond donors (Lipinski definition) is 2. The lowest BCUT2D eigenvalue weighted by Gasteiger charge is -2.26. The highest BCUT2D eigenvalue weighted by Crippen LogP contribution is 2.34. The lowest BCUT2D eigenvalue weighted by Crippen LogP contribution is -2.44. The third-order valence-electron chi connectivity index (χ3n) is 6.11. The third kappa shape index (κ3) is 5.96. The number of alkyl halides is 1. The monoisotopic (exact) mass is 534 g/mol. The van der Waals surface area contributed by atoms with Crippen molar-refractivity contribution in [1.82, 2.24) is 9.13 Å². The van der Waals surface area contributed by atoms with Gasteiger partial charge in [-0.05, 0) is 56.5 Å². The number of anilines is 2. The zero-order valence-electron chi connectivity index (χ0n) is 21.0. The van der Waals surface area contributed by atoms with Gasteiger partial charge in [-0.15, -0.1) is 0 Å². The van der Waals surface area contributed by atoms with Gasteiger partial charge in [-0.3, -0.25) is 18.9 Å². The van der Waals surface area contributed by atoms with Crippen molar-refractivity contribution in [3.8, 4) is 11.5 Å². The van der Waals surface area contributed by atoms with Gasteiger partial charge in [0.15, 0.2) is 5.75 Å². The number of aliphatic hydroxyl groups is 1. The maximum atomic E-state index is 14.4. The fourth-order valence-corrected chi connectivity index (χ4v) is 4.18. The summed E-state index contributed by atoms with van der Waals surface area (Å²) >= 11 is 0. The topological polar surface area (TPSA) is 98.0 Å². The van der Waals surface area contributed by atoms with E-state index in [1.54, 1.807) is 23.1 Å². The van der Waals surface area contributed by atoms with Gasteiger partial charge in [0.1, 0.15) is 28.7 Å². The Morgan fingerprint density at radius 3 is 2.42 bits per heavy atom. The summed E-state index contributed by atoms with van der Waals surface area (Å²) in [5.74, 6) is -0.196.